The fourth-order valence-corrected chi connectivity index (χ4v) is 2.80. The van der Waals surface area contributed by atoms with Crippen LogP contribution in [0.25, 0.3) is 10.8 Å². The van der Waals surface area contributed by atoms with Gasteiger partial charge in [0, 0.05) is 12.7 Å². The van der Waals surface area contributed by atoms with Gasteiger partial charge in [0.05, 0.1) is 5.75 Å². The van der Waals surface area contributed by atoms with Crippen LogP contribution in [0, 0.1) is 0 Å². The molecule has 2 rings (SSSR count). The van der Waals surface area contributed by atoms with E-state index in [0.29, 0.717) is 13.0 Å². The lowest BCUT2D eigenvalue weighted by molar-refractivity contribution is 0.0752. The van der Waals surface area contributed by atoms with E-state index < -0.39 is 10.1 Å². The third-order valence-corrected chi connectivity index (χ3v) is 4.05. The number of rotatable bonds is 7. The fourth-order valence-electron chi connectivity index (χ4n) is 2.29. The Morgan fingerprint density at radius 1 is 1.19 bits per heavy atom. The molecule has 0 radical (unpaired) electrons. The van der Waals surface area contributed by atoms with Crippen LogP contribution >= 0.6 is 0 Å². The van der Waals surface area contributed by atoms with E-state index in [1.54, 1.807) is 7.11 Å². The molecule has 0 bridgehead atoms. The average Bonchev–Trinajstić information content (AvgIpc) is 2.46. The van der Waals surface area contributed by atoms with Crippen LogP contribution in [0.1, 0.15) is 18.2 Å². The molecule has 0 heterocycles. The van der Waals surface area contributed by atoms with Crippen molar-refractivity contribution in [2.24, 2.45) is 0 Å². The molecular weight excluding hydrogens is 290 g/mol. The van der Waals surface area contributed by atoms with Crippen molar-refractivity contribution < 1.29 is 17.7 Å². The SMILES string of the molecule is COC(NCCCS(=O)(=O)O)c1cccc2ccccc12. The predicted octanol–water partition coefficient (Wildman–Crippen LogP) is 2.35. The number of fused-ring (bicyclic) bond motifs is 1. The van der Waals surface area contributed by atoms with Crippen molar-refractivity contribution >= 4 is 20.9 Å². The Morgan fingerprint density at radius 3 is 2.62 bits per heavy atom. The second kappa shape index (κ2) is 7.00. The molecular formula is C15H19NO4S. The summed E-state index contributed by atoms with van der Waals surface area (Å²) in [5.74, 6) is -0.258. The summed E-state index contributed by atoms with van der Waals surface area (Å²) < 4.78 is 35.5. The summed E-state index contributed by atoms with van der Waals surface area (Å²) in [7, 11) is -2.31. The maximum absolute atomic E-state index is 10.7. The smallest absolute Gasteiger partial charge is 0.264 e. The predicted molar refractivity (Wildman–Crippen MR) is 82.7 cm³/mol. The van der Waals surface area contributed by atoms with Crippen LogP contribution in [-0.2, 0) is 14.9 Å². The highest BCUT2D eigenvalue weighted by molar-refractivity contribution is 7.85. The van der Waals surface area contributed by atoms with Crippen molar-refractivity contribution in [3.8, 4) is 0 Å². The standard InChI is InChI=1S/C15H19NO4S/c1-20-15(16-10-5-11-21(17,18)19)14-9-4-7-12-6-2-3-8-13(12)14/h2-4,6-9,15-16H,5,10-11H2,1H3,(H,17,18,19). The zero-order chi connectivity index (χ0) is 15.3. The summed E-state index contributed by atoms with van der Waals surface area (Å²) in [6.07, 6.45) is 0.00111. The minimum atomic E-state index is -3.91. The van der Waals surface area contributed by atoms with Crippen molar-refractivity contribution in [3.63, 3.8) is 0 Å². The second-order valence-electron chi connectivity index (χ2n) is 4.78. The summed E-state index contributed by atoms with van der Waals surface area (Å²) in [6.45, 7) is 0.432. The van der Waals surface area contributed by atoms with Crippen molar-refractivity contribution in [1.82, 2.24) is 5.32 Å². The Labute approximate surface area is 124 Å². The molecule has 1 atom stereocenters. The Balaban J connectivity index is 2.09. The van der Waals surface area contributed by atoms with E-state index in [4.69, 9.17) is 9.29 Å². The number of hydrogen-bond acceptors (Lipinski definition) is 4. The largest absolute Gasteiger partial charge is 0.362 e. The van der Waals surface area contributed by atoms with Crippen molar-refractivity contribution in [1.29, 1.82) is 0 Å². The molecule has 2 aromatic rings. The Hall–Kier alpha value is -1.47. The number of nitrogens with one attached hydrogen (secondary N) is 1. The van der Waals surface area contributed by atoms with Crippen LogP contribution < -0.4 is 5.32 Å². The first kappa shape index (κ1) is 15.9. The van der Waals surface area contributed by atoms with Crippen LogP contribution in [0.15, 0.2) is 42.5 Å². The Morgan fingerprint density at radius 2 is 1.90 bits per heavy atom. The zero-order valence-electron chi connectivity index (χ0n) is 11.8. The van der Waals surface area contributed by atoms with Crippen molar-refractivity contribution in [2.75, 3.05) is 19.4 Å². The van der Waals surface area contributed by atoms with Gasteiger partial charge in [-0.1, -0.05) is 42.5 Å². The molecule has 2 aromatic carbocycles. The summed E-state index contributed by atoms with van der Waals surface area (Å²) in [6, 6.07) is 14.0. The molecule has 0 aromatic heterocycles. The monoisotopic (exact) mass is 309 g/mol. The number of benzene rings is 2. The van der Waals surface area contributed by atoms with Gasteiger partial charge < -0.3 is 4.74 Å². The van der Waals surface area contributed by atoms with Crippen LogP contribution in [0.5, 0.6) is 0 Å². The lowest BCUT2D eigenvalue weighted by atomic mass is 10.0. The third kappa shape index (κ3) is 4.50. The third-order valence-electron chi connectivity index (χ3n) is 3.25. The van der Waals surface area contributed by atoms with Gasteiger partial charge in [0.1, 0.15) is 6.23 Å². The van der Waals surface area contributed by atoms with Crippen molar-refractivity contribution in [3.05, 3.63) is 48.0 Å². The van der Waals surface area contributed by atoms with E-state index in [1.165, 1.54) is 0 Å². The minimum absolute atomic E-state index is 0.258. The topological polar surface area (TPSA) is 75.6 Å². The normalized spacial score (nSPS) is 13.4. The molecule has 0 fully saturated rings. The molecule has 5 nitrogen and oxygen atoms in total. The first-order chi connectivity index (χ1) is 10.0. The maximum Gasteiger partial charge on any atom is 0.264 e. The van der Waals surface area contributed by atoms with Gasteiger partial charge >= 0.3 is 0 Å². The molecule has 0 amide bonds. The number of hydrogen-bond donors (Lipinski definition) is 2. The van der Waals surface area contributed by atoms with Crippen LogP contribution in [0.4, 0.5) is 0 Å². The van der Waals surface area contributed by atoms with Gasteiger partial charge in [-0.15, -0.1) is 0 Å². The van der Waals surface area contributed by atoms with Gasteiger partial charge in [0.2, 0.25) is 0 Å². The molecule has 0 aliphatic carbocycles. The summed E-state index contributed by atoms with van der Waals surface area (Å²) >= 11 is 0. The first-order valence-electron chi connectivity index (χ1n) is 6.70. The lowest BCUT2D eigenvalue weighted by Crippen LogP contribution is -2.25. The molecule has 0 aliphatic heterocycles. The number of methoxy groups -OCH3 is 1. The molecule has 114 valence electrons. The number of ether oxygens (including phenoxy) is 1. The van der Waals surface area contributed by atoms with E-state index in [-0.39, 0.29) is 12.0 Å². The van der Waals surface area contributed by atoms with Gasteiger partial charge in [-0.3, -0.25) is 9.87 Å². The van der Waals surface area contributed by atoms with Crippen molar-refractivity contribution in [2.45, 2.75) is 12.6 Å². The van der Waals surface area contributed by atoms with Crippen LogP contribution in [0.2, 0.25) is 0 Å². The second-order valence-corrected chi connectivity index (χ2v) is 6.35. The Kier molecular flexibility index (Phi) is 5.30. The fraction of sp³-hybridized carbons (Fsp3) is 0.333. The molecule has 0 saturated heterocycles. The molecule has 1 unspecified atom stereocenters. The summed E-state index contributed by atoms with van der Waals surface area (Å²) in [5, 5.41) is 5.37. The van der Waals surface area contributed by atoms with E-state index in [1.807, 2.05) is 42.5 Å². The average molecular weight is 309 g/mol. The zero-order valence-corrected chi connectivity index (χ0v) is 12.6. The first-order valence-corrected chi connectivity index (χ1v) is 8.31. The Bertz CT molecular complexity index is 694. The maximum atomic E-state index is 10.7. The van der Waals surface area contributed by atoms with E-state index in [2.05, 4.69) is 5.32 Å². The molecule has 0 spiro atoms. The van der Waals surface area contributed by atoms with E-state index in [9.17, 15) is 8.42 Å². The lowest BCUT2D eigenvalue weighted by Gasteiger charge is -2.19. The van der Waals surface area contributed by atoms with E-state index >= 15 is 0 Å². The van der Waals surface area contributed by atoms with Gasteiger partial charge in [-0.2, -0.15) is 8.42 Å². The molecule has 21 heavy (non-hydrogen) atoms. The highest BCUT2D eigenvalue weighted by atomic mass is 32.2. The van der Waals surface area contributed by atoms with Crippen LogP contribution in [-0.4, -0.2) is 32.4 Å². The van der Waals surface area contributed by atoms with Gasteiger partial charge in [-0.05, 0) is 23.7 Å². The highest BCUT2D eigenvalue weighted by Gasteiger charge is 2.13. The summed E-state index contributed by atoms with van der Waals surface area (Å²) in [5.41, 5.74) is 1.00. The van der Waals surface area contributed by atoms with Gasteiger partial charge in [-0.25, -0.2) is 0 Å². The van der Waals surface area contributed by atoms with Gasteiger partial charge in [0.25, 0.3) is 10.1 Å². The van der Waals surface area contributed by atoms with Crippen LogP contribution in [0.3, 0.4) is 0 Å². The molecule has 0 saturated carbocycles. The molecule has 0 aliphatic rings. The van der Waals surface area contributed by atoms with Gasteiger partial charge in [0.15, 0.2) is 0 Å². The quantitative estimate of drug-likeness (QED) is 0.466. The molecule has 2 N–H and O–H groups in total. The summed E-state index contributed by atoms with van der Waals surface area (Å²) in [4.78, 5) is 0. The highest BCUT2D eigenvalue weighted by Crippen LogP contribution is 2.24. The van der Waals surface area contributed by atoms with E-state index in [0.717, 1.165) is 16.3 Å². The minimum Gasteiger partial charge on any atom is -0.362 e. The molecule has 6 heteroatoms.